The van der Waals surface area contributed by atoms with Crippen LogP contribution < -0.4 is 4.74 Å². The highest BCUT2D eigenvalue weighted by molar-refractivity contribution is 5.80. The number of rotatable bonds is 3. The summed E-state index contributed by atoms with van der Waals surface area (Å²) in [5.74, 6) is 0.899. The fourth-order valence-corrected chi connectivity index (χ4v) is 2.21. The Balaban J connectivity index is 1.91. The summed E-state index contributed by atoms with van der Waals surface area (Å²) in [4.78, 5) is 0. The molecule has 1 heterocycles. The third-order valence-corrected chi connectivity index (χ3v) is 3.19. The summed E-state index contributed by atoms with van der Waals surface area (Å²) in [5.41, 5.74) is 2.55. The largest absolute Gasteiger partial charge is 0.497 e. The van der Waals surface area contributed by atoms with Crippen molar-refractivity contribution in [2.24, 2.45) is 0 Å². The third kappa shape index (κ3) is 1.97. The molecular weight excluding hydrogens is 222 g/mol. The molecular formula is C16H15NO. The Bertz CT molecular complexity index is 652. The van der Waals surface area contributed by atoms with Crippen LogP contribution in [-0.4, -0.2) is 11.7 Å². The molecule has 18 heavy (non-hydrogen) atoms. The molecule has 0 bridgehead atoms. The lowest BCUT2D eigenvalue weighted by Gasteiger charge is -2.06. The molecule has 0 spiro atoms. The Morgan fingerprint density at radius 3 is 2.50 bits per heavy atom. The van der Waals surface area contributed by atoms with E-state index in [1.54, 1.807) is 7.11 Å². The van der Waals surface area contributed by atoms with Crippen LogP contribution in [0.15, 0.2) is 60.8 Å². The number of aromatic nitrogens is 1. The molecule has 90 valence electrons. The standard InChI is InChI=1S/C16H15NO/c1-18-15-8-6-13(7-9-15)12-17-11-10-14-4-2-3-5-16(14)17/h2-11H,12H2,1H3. The summed E-state index contributed by atoms with van der Waals surface area (Å²) in [6.45, 7) is 0.886. The molecule has 0 unspecified atom stereocenters. The van der Waals surface area contributed by atoms with Crippen LogP contribution >= 0.6 is 0 Å². The molecule has 0 aliphatic heterocycles. The average molecular weight is 237 g/mol. The van der Waals surface area contributed by atoms with Gasteiger partial charge in [-0.2, -0.15) is 0 Å². The minimum Gasteiger partial charge on any atom is -0.497 e. The van der Waals surface area contributed by atoms with Gasteiger partial charge in [0.2, 0.25) is 0 Å². The quantitative estimate of drug-likeness (QED) is 0.677. The number of fused-ring (bicyclic) bond motifs is 1. The SMILES string of the molecule is COc1ccc(Cn2ccc3ccccc32)cc1. The van der Waals surface area contributed by atoms with Crippen molar-refractivity contribution in [3.63, 3.8) is 0 Å². The van der Waals surface area contributed by atoms with E-state index in [-0.39, 0.29) is 0 Å². The van der Waals surface area contributed by atoms with Gasteiger partial charge in [-0.15, -0.1) is 0 Å². The maximum Gasteiger partial charge on any atom is 0.118 e. The van der Waals surface area contributed by atoms with Gasteiger partial charge in [-0.05, 0) is 35.2 Å². The number of hydrogen-bond acceptors (Lipinski definition) is 1. The van der Waals surface area contributed by atoms with Crippen LogP contribution in [0.1, 0.15) is 5.56 Å². The van der Waals surface area contributed by atoms with Crippen molar-refractivity contribution in [3.8, 4) is 5.75 Å². The second kappa shape index (κ2) is 4.57. The van der Waals surface area contributed by atoms with Gasteiger partial charge in [-0.1, -0.05) is 30.3 Å². The molecule has 3 aromatic rings. The van der Waals surface area contributed by atoms with Crippen LogP contribution in [0.2, 0.25) is 0 Å². The van der Waals surface area contributed by atoms with E-state index >= 15 is 0 Å². The zero-order chi connectivity index (χ0) is 12.4. The van der Waals surface area contributed by atoms with Crippen molar-refractivity contribution in [1.29, 1.82) is 0 Å². The van der Waals surface area contributed by atoms with Gasteiger partial charge in [-0.25, -0.2) is 0 Å². The van der Waals surface area contributed by atoms with Crippen molar-refractivity contribution < 1.29 is 4.74 Å². The zero-order valence-corrected chi connectivity index (χ0v) is 10.3. The molecule has 0 saturated heterocycles. The molecule has 0 aliphatic carbocycles. The van der Waals surface area contributed by atoms with Crippen molar-refractivity contribution in [1.82, 2.24) is 4.57 Å². The first-order chi connectivity index (χ1) is 8.86. The summed E-state index contributed by atoms with van der Waals surface area (Å²) in [5, 5.41) is 1.28. The maximum absolute atomic E-state index is 5.17. The van der Waals surface area contributed by atoms with E-state index in [9.17, 15) is 0 Å². The van der Waals surface area contributed by atoms with Gasteiger partial charge in [0.05, 0.1) is 7.11 Å². The summed E-state index contributed by atoms with van der Waals surface area (Å²) < 4.78 is 7.43. The Morgan fingerprint density at radius 2 is 1.72 bits per heavy atom. The summed E-state index contributed by atoms with van der Waals surface area (Å²) in [7, 11) is 1.69. The molecule has 3 rings (SSSR count). The summed E-state index contributed by atoms with van der Waals surface area (Å²) >= 11 is 0. The van der Waals surface area contributed by atoms with E-state index in [4.69, 9.17) is 4.74 Å². The van der Waals surface area contributed by atoms with Gasteiger partial charge in [-0.3, -0.25) is 0 Å². The second-order valence-electron chi connectivity index (χ2n) is 4.35. The number of methoxy groups -OCH3 is 1. The van der Waals surface area contributed by atoms with Crippen molar-refractivity contribution in [3.05, 3.63) is 66.4 Å². The Kier molecular flexibility index (Phi) is 2.77. The third-order valence-electron chi connectivity index (χ3n) is 3.19. The van der Waals surface area contributed by atoms with E-state index in [1.165, 1.54) is 16.5 Å². The van der Waals surface area contributed by atoms with Crippen LogP contribution in [0.5, 0.6) is 5.75 Å². The van der Waals surface area contributed by atoms with Crippen molar-refractivity contribution >= 4 is 10.9 Å². The highest BCUT2D eigenvalue weighted by Crippen LogP contribution is 2.18. The van der Waals surface area contributed by atoms with E-state index in [0.29, 0.717) is 0 Å². The molecule has 0 atom stereocenters. The molecule has 0 radical (unpaired) electrons. The van der Waals surface area contributed by atoms with Crippen LogP contribution in [0.4, 0.5) is 0 Å². The zero-order valence-electron chi connectivity index (χ0n) is 10.3. The summed E-state index contributed by atoms with van der Waals surface area (Å²) in [6.07, 6.45) is 2.13. The minimum atomic E-state index is 0.886. The topological polar surface area (TPSA) is 14.2 Å². The van der Waals surface area contributed by atoms with Gasteiger partial charge in [0.1, 0.15) is 5.75 Å². The lowest BCUT2D eigenvalue weighted by molar-refractivity contribution is 0.414. The first-order valence-corrected chi connectivity index (χ1v) is 6.03. The first kappa shape index (κ1) is 10.9. The Labute approximate surface area is 106 Å². The molecule has 0 amide bonds. The van der Waals surface area contributed by atoms with Gasteiger partial charge >= 0.3 is 0 Å². The molecule has 2 aromatic carbocycles. The fourth-order valence-electron chi connectivity index (χ4n) is 2.21. The second-order valence-corrected chi connectivity index (χ2v) is 4.35. The first-order valence-electron chi connectivity index (χ1n) is 6.03. The highest BCUT2D eigenvalue weighted by atomic mass is 16.5. The molecule has 0 aliphatic rings. The molecule has 2 heteroatoms. The number of para-hydroxylation sites is 1. The van der Waals surface area contributed by atoms with Gasteiger partial charge in [0.15, 0.2) is 0 Å². The van der Waals surface area contributed by atoms with E-state index in [0.717, 1.165) is 12.3 Å². The van der Waals surface area contributed by atoms with E-state index in [1.807, 2.05) is 12.1 Å². The lowest BCUT2D eigenvalue weighted by atomic mass is 10.2. The lowest BCUT2D eigenvalue weighted by Crippen LogP contribution is -1.97. The summed E-state index contributed by atoms with van der Waals surface area (Å²) in [6, 6.07) is 18.8. The van der Waals surface area contributed by atoms with Crippen molar-refractivity contribution in [2.45, 2.75) is 6.54 Å². The van der Waals surface area contributed by atoms with Crippen LogP contribution in [0, 0.1) is 0 Å². The molecule has 0 saturated carbocycles. The predicted molar refractivity (Wildman–Crippen MR) is 74.0 cm³/mol. The Morgan fingerprint density at radius 1 is 0.944 bits per heavy atom. The highest BCUT2D eigenvalue weighted by Gasteiger charge is 2.01. The van der Waals surface area contributed by atoms with Gasteiger partial charge in [0, 0.05) is 18.3 Å². The molecule has 2 nitrogen and oxygen atoms in total. The number of ether oxygens (including phenoxy) is 1. The van der Waals surface area contributed by atoms with Crippen LogP contribution in [-0.2, 0) is 6.54 Å². The molecule has 1 aromatic heterocycles. The normalized spacial score (nSPS) is 10.7. The monoisotopic (exact) mass is 237 g/mol. The van der Waals surface area contributed by atoms with E-state index < -0.39 is 0 Å². The molecule has 0 fully saturated rings. The van der Waals surface area contributed by atoms with Crippen molar-refractivity contribution in [2.75, 3.05) is 7.11 Å². The minimum absolute atomic E-state index is 0.886. The van der Waals surface area contributed by atoms with Gasteiger partial charge in [0.25, 0.3) is 0 Å². The number of hydrogen-bond donors (Lipinski definition) is 0. The average Bonchev–Trinajstić information content (AvgIpc) is 2.83. The smallest absolute Gasteiger partial charge is 0.118 e. The van der Waals surface area contributed by atoms with Gasteiger partial charge < -0.3 is 9.30 Å². The van der Waals surface area contributed by atoms with Crippen LogP contribution in [0.25, 0.3) is 10.9 Å². The Hall–Kier alpha value is -2.22. The van der Waals surface area contributed by atoms with Crippen LogP contribution in [0.3, 0.4) is 0 Å². The number of nitrogens with zero attached hydrogens (tertiary/aromatic N) is 1. The fraction of sp³-hybridized carbons (Fsp3) is 0.125. The number of benzene rings is 2. The maximum atomic E-state index is 5.17. The van der Waals surface area contributed by atoms with E-state index in [2.05, 4.69) is 53.2 Å². The molecule has 0 N–H and O–H groups in total. The predicted octanol–water partition coefficient (Wildman–Crippen LogP) is 3.70.